The van der Waals surface area contributed by atoms with E-state index in [4.69, 9.17) is 0 Å². The zero-order valence-electron chi connectivity index (χ0n) is 11.3. The number of carbonyl (C=O) groups excluding carboxylic acids is 1. The number of amides is 1. The minimum Gasteiger partial charge on any atom is -0.388 e. The van der Waals surface area contributed by atoms with Crippen LogP contribution < -0.4 is 10.2 Å². The summed E-state index contributed by atoms with van der Waals surface area (Å²) >= 11 is 1.13. The third kappa shape index (κ3) is 3.45. The molecule has 2 rings (SSSR count). The highest BCUT2D eigenvalue weighted by atomic mass is 32.1. The number of nitrogens with one attached hydrogen (secondary N) is 1. The maximum atomic E-state index is 11.7. The van der Waals surface area contributed by atoms with E-state index in [1.54, 1.807) is 18.9 Å². The van der Waals surface area contributed by atoms with Crippen molar-refractivity contribution in [3.63, 3.8) is 0 Å². The van der Waals surface area contributed by atoms with E-state index in [9.17, 15) is 20.0 Å². The number of rotatable bonds is 6. The number of aliphatic hydroxyl groups is 1. The fraction of sp³-hybridized carbons (Fsp3) is 0.583. The molecule has 1 fully saturated rings. The van der Waals surface area contributed by atoms with Crippen molar-refractivity contribution in [2.24, 2.45) is 0 Å². The monoisotopic (exact) mass is 299 g/mol. The molecule has 0 aliphatic heterocycles. The van der Waals surface area contributed by atoms with Gasteiger partial charge in [0.1, 0.15) is 0 Å². The molecule has 1 aromatic heterocycles. The first-order valence-electron chi connectivity index (χ1n) is 6.35. The van der Waals surface area contributed by atoms with Gasteiger partial charge < -0.3 is 15.3 Å². The summed E-state index contributed by atoms with van der Waals surface area (Å²) in [6.45, 7) is 1.62. The number of hydrogen-bond acceptors (Lipinski definition) is 6. The summed E-state index contributed by atoms with van der Waals surface area (Å²) in [5.74, 6) is -0.142. The number of likely N-dealkylation sites (N-methyl/N-ethyl adjacent to an activating group) is 1. The van der Waals surface area contributed by atoms with Gasteiger partial charge in [-0.1, -0.05) is 0 Å². The number of nitrogens with zero attached hydrogens (tertiary/aromatic N) is 2. The maximum Gasteiger partial charge on any atom is 0.304 e. The van der Waals surface area contributed by atoms with E-state index in [0.29, 0.717) is 9.88 Å². The molecular weight excluding hydrogens is 282 g/mol. The van der Waals surface area contributed by atoms with Crippen LogP contribution in [0.1, 0.15) is 30.7 Å². The van der Waals surface area contributed by atoms with Gasteiger partial charge >= 0.3 is 5.69 Å². The average molecular weight is 299 g/mol. The van der Waals surface area contributed by atoms with Crippen LogP contribution in [0, 0.1) is 10.1 Å². The van der Waals surface area contributed by atoms with Gasteiger partial charge in [0.2, 0.25) is 5.91 Å². The lowest BCUT2D eigenvalue weighted by Crippen LogP contribution is -2.36. The van der Waals surface area contributed by atoms with E-state index >= 15 is 0 Å². The molecule has 0 aromatic carbocycles. The molecule has 2 N–H and O–H groups in total. The molecule has 0 radical (unpaired) electrons. The Morgan fingerprint density at radius 2 is 2.35 bits per heavy atom. The lowest BCUT2D eigenvalue weighted by Gasteiger charge is -2.16. The molecule has 1 saturated carbocycles. The number of carbonyl (C=O) groups is 1. The highest BCUT2D eigenvalue weighted by molar-refractivity contribution is 7.16. The van der Waals surface area contributed by atoms with Crippen LogP contribution in [0.3, 0.4) is 0 Å². The van der Waals surface area contributed by atoms with E-state index in [1.165, 1.54) is 6.07 Å². The molecule has 0 spiro atoms. The molecule has 0 saturated heterocycles. The smallest absolute Gasteiger partial charge is 0.304 e. The summed E-state index contributed by atoms with van der Waals surface area (Å²) in [6.07, 6.45) is 1.24. The van der Waals surface area contributed by atoms with E-state index < -0.39 is 11.0 Å². The minimum absolute atomic E-state index is 0.0666. The first-order valence-corrected chi connectivity index (χ1v) is 7.16. The minimum atomic E-state index is -0.763. The molecule has 7 nitrogen and oxygen atoms in total. The molecule has 8 heteroatoms. The topological polar surface area (TPSA) is 95.7 Å². The molecule has 1 aliphatic carbocycles. The van der Waals surface area contributed by atoms with Crippen molar-refractivity contribution in [3.05, 3.63) is 21.1 Å². The van der Waals surface area contributed by atoms with Crippen molar-refractivity contribution >= 4 is 27.9 Å². The lowest BCUT2D eigenvalue weighted by molar-refractivity contribution is -0.383. The Bertz CT molecular complexity index is 525. The first kappa shape index (κ1) is 14.7. The van der Waals surface area contributed by atoms with E-state index in [2.05, 4.69) is 5.32 Å². The highest BCUT2D eigenvalue weighted by Crippen LogP contribution is 2.39. The van der Waals surface area contributed by atoms with Gasteiger partial charge in [0.15, 0.2) is 5.00 Å². The summed E-state index contributed by atoms with van der Waals surface area (Å²) in [6, 6.07) is 1.63. The number of hydrogen-bond donors (Lipinski definition) is 2. The van der Waals surface area contributed by atoms with Gasteiger partial charge in [0, 0.05) is 24.0 Å². The average Bonchev–Trinajstić information content (AvgIpc) is 3.03. The second kappa shape index (κ2) is 5.76. The van der Waals surface area contributed by atoms with E-state index in [-0.39, 0.29) is 24.2 Å². The lowest BCUT2D eigenvalue weighted by atomic mass is 10.3. The zero-order valence-corrected chi connectivity index (χ0v) is 12.1. The largest absolute Gasteiger partial charge is 0.388 e. The predicted octanol–water partition coefficient (Wildman–Crippen LogP) is 1.42. The normalized spacial score (nSPS) is 15.8. The van der Waals surface area contributed by atoms with Crippen LogP contribution in [0.5, 0.6) is 0 Å². The Morgan fingerprint density at radius 1 is 1.70 bits per heavy atom. The van der Waals surface area contributed by atoms with Gasteiger partial charge in [-0.25, -0.2) is 0 Å². The Balaban J connectivity index is 2.12. The summed E-state index contributed by atoms with van der Waals surface area (Å²) in [4.78, 5) is 24.3. The summed E-state index contributed by atoms with van der Waals surface area (Å²) in [5, 5.41) is 23.8. The van der Waals surface area contributed by atoms with Crippen LogP contribution in [0.15, 0.2) is 6.07 Å². The zero-order chi connectivity index (χ0) is 14.9. The molecule has 0 bridgehead atoms. The first-order chi connectivity index (χ1) is 9.38. The molecule has 1 aliphatic rings. The van der Waals surface area contributed by atoms with Gasteiger partial charge in [-0.2, -0.15) is 0 Å². The SMILES string of the molecule is C[C@@H](O)c1cc([N+](=O)[O-])c(N(C)CC(=O)NC2CC2)s1. The Labute approximate surface area is 120 Å². The Kier molecular flexibility index (Phi) is 4.24. The van der Waals surface area contributed by atoms with E-state index in [1.807, 2.05) is 0 Å². The van der Waals surface area contributed by atoms with Crippen molar-refractivity contribution in [2.75, 3.05) is 18.5 Å². The third-order valence-electron chi connectivity index (χ3n) is 2.99. The molecule has 1 atom stereocenters. The second-order valence-electron chi connectivity index (χ2n) is 4.97. The molecule has 20 heavy (non-hydrogen) atoms. The van der Waals surface area contributed by atoms with Gasteiger partial charge in [-0.15, -0.1) is 11.3 Å². The molecule has 110 valence electrons. The summed E-state index contributed by atoms with van der Waals surface area (Å²) < 4.78 is 0. The number of anilines is 1. The third-order valence-corrected chi connectivity index (χ3v) is 4.40. The number of nitro groups is 1. The van der Waals surface area contributed by atoms with Gasteiger partial charge in [-0.05, 0) is 19.8 Å². The van der Waals surface area contributed by atoms with Crippen LogP contribution in [0.4, 0.5) is 10.7 Å². The molecular formula is C12H17N3O4S. The molecule has 1 aromatic rings. The number of aliphatic hydroxyl groups excluding tert-OH is 1. The van der Waals surface area contributed by atoms with Crippen molar-refractivity contribution < 1.29 is 14.8 Å². The summed E-state index contributed by atoms with van der Waals surface area (Å²) in [7, 11) is 1.64. The van der Waals surface area contributed by atoms with Gasteiger partial charge in [-0.3, -0.25) is 14.9 Å². The van der Waals surface area contributed by atoms with Crippen LogP contribution in [-0.2, 0) is 4.79 Å². The molecule has 0 unspecified atom stereocenters. The van der Waals surface area contributed by atoms with Gasteiger partial charge in [0.05, 0.1) is 17.6 Å². The van der Waals surface area contributed by atoms with Crippen LogP contribution in [0.25, 0.3) is 0 Å². The standard InChI is InChI=1S/C12H17N3O4S/c1-7(16)10-5-9(15(18)19)12(20-10)14(2)6-11(17)13-8-3-4-8/h5,7-8,16H,3-4,6H2,1-2H3,(H,13,17)/t7-/m1/s1. The van der Waals surface area contributed by atoms with Crippen LogP contribution >= 0.6 is 11.3 Å². The van der Waals surface area contributed by atoms with Crippen molar-refractivity contribution in [1.82, 2.24) is 5.32 Å². The fourth-order valence-corrected chi connectivity index (χ4v) is 2.81. The highest BCUT2D eigenvalue weighted by Gasteiger charge is 2.27. The van der Waals surface area contributed by atoms with Crippen LogP contribution in [0.2, 0.25) is 0 Å². The Morgan fingerprint density at radius 3 is 2.85 bits per heavy atom. The number of thiophene rings is 1. The van der Waals surface area contributed by atoms with Crippen LogP contribution in [-0.4, -0.2) is 35.6 Å². The summed E-state index contributed by atoms with van der Waals surface area (Å²) in [5.41, 5.74) is -0.0763. The van der Waals surface area contributed by atoms with Crippen molar-refractivity contribution in [3.8, 4) is 0 Å². The molecule has 1 heterocycles. The Hall–Kier alpha value is -1.67. The van der Waals surface area contributed by atoms with E-state index in [0.717, 1.165) is 24.2 Å². The van der Waals surface area contributed by atoms with Crippen molar-refractivity contribution in [2.45, 2.75) is 31.9 Å². The fourth-order valence-electron chi connectivity index (χ4n) is 1.79. The maximum absolute atomic E-state index is 11.7. The van der Waals surface area contributed by atoms with Gasteiger partial charge in [0.25, 0.3) is 0 Å². The second-order valence-corrected chi connectivity index (χ2v) is 6.03. The quantitative estimate of drug-likeness (QED) is 0.612. The molecule has 1 amide bonds. The predicted molar refractivity (Wildman–Crippen MR) is 76.0 cm³/mol. The van der Waals surface area contributed by atoms with Crippen molar-refractivity contribution in [1.29, 1.82) is 0 Å².